The zero-order valence-corrected chi connectivity index (χ0v) is 15.0. The molecule has 1 aromatic carbocycles. The molecular weight excluding hydrogens is 332 g/mol. The van der Waals surface area contributed by atoms with Crippen LogP contribution in [0.25, 0.3) is 10.9 Å². The van der Waals surface area contributed by atoms with E-state index in [1.165, 1.54) is 5.70 Å². The van der Waals surface area contributed by atoms with Crippen molar-refractivity contribution in [1.29, 1.82) is 0 Å². The molecule has 2 aromatic heterocycles. The number of hydrogen-bond acceptors (Lipinski definition) is 4. The number of anilines is 1. The van der Waals surface area contributed by atoms with E-state index in [2.05, 4.69) is 57.5 Å². The molecule has 134 valence electrons. The van der Waals surface area contributed by atoms with E-state index in [-0.39, 0.29) is 0 Å². The monoisotopic (exact) mass is 354 g/mol. The Hall–Kier alpha value is -3.66. The minimum absolute atomic E-state index is 0.788. The van der Waals surface area contributed by atoms with Crippen LogP contribution in [0.1, 0.15) is 0 Å². The van der Waals surface area contributed by atoms with Gasteiger partial charge in [0.1, 0.15) is 0 Å². The Morgan fingerprint density at radius 3 is 2.41 bits per heavy atom. The third-order valence-electron chi connectivity index (χ3n) is 3.93. The normalized spacial score (nSPS) is 13.6. The number of nitrogen functional groups attached to an aromatic ring is 1. The molecule has 2 N–H and O–H groups in total. The van der Waals surface area contributed by atoms with Gasteiger partial charge in [-0.1, -0.05) is 42.5 Å². The predicted molar refractivity (Wildman–Crippen MR) is 113 cm³/mol. The highest BCUT2D eigenvalue weighted by molar-refractivity contribution is 5.89. The van der Waals surface area contributed by atoms with Gasteiger partial charge in [-0.05, 0) is 42.5 Å². The van der Waals surface area contributed by atoms with E-state index in [1.807, 2.05) is 48.5 Å². The van der Waals surface area contributed by atoms with Gasteiger partial charge in [0.2, 0.25) is 0 Å². The summed E-state index contributed by atoms with van der Waals surface area (Å²) in [6.45, 7) is 1.01. The summed E-state index contributed by atoms with van der Waals surface area (Å²) in [5.74, 6) is 0. The third-order valence-corrected chi connectivity index (χ3v) is 3.93. The van der Waals surface area contributed by atoms with Gasteiger partial charge in [0.15, 0.2) is 0 Å². The summed E-state index contributed by atoms with van der Waals surface area (Å²) in [4.78, 5) is 10.2. The summed E-state index contributed by atoms with van der Waals surface area (Å²) in [5, 5.41) is 1.02. The maximum atomic E-state index is 5.72. The Morgan fingerprint density at radius 1 is 0.852 bits per heavy atom. The van der Waals surface area contributed by atoms with Crippen molar-refractivity contribution in [2.75, 3.05) is 12.3 Å². The number of aromatic nitrogens is 2. The first-order chi connectivity index (χ1) is 13.3. The van der Waals surface area contributed by atoms with Crippen molar-refractivity contribution in [2.45, 2.75) is 0 Å². The van der Waals surface area contributed by atoms with Gasteiger partial charge in [0, 0.05) is 48.1 Å². The Morgan fingerprint density at radius 2 is 1.70 bits per heavy atom. The van der Waals surface area contributed by atoms with Crippen molar-refractivity contribution in [3.8, 4) is 0 Å². The molecular formula is C23H22N4. The quantitative estimate of drug-likeness (QED) is 0.634. The van der Waals surface area contributed by atoms with Gasteiger partial charge in [-0.15, -0.1) is 0 Å². The van der Waals surface area contributed by atoms with Crippen LogP contribution in [0.2, 0.25) is 0 Å². The van der Waals surface area contributed by atoms with Gasteiger partial charge in [-0.25, -0.2) is 0 Å². The summed E-state index contributed by atoms with van der Waals surface area (Å²) in [7, 11) is 0. The highest BCUT2D eigenvalue weighted by Crippen LogP contribution is 2.17. The van der Waals surface area contributed by atoms with Crippen LogP contribution in [0, 0.1) is 0 Å². The molecule has 0 unspecified atom stereocenters. The molecule has 4 heteroatoms. The van der Waals surface area contributed by atoms with E-state index in [0.717, 1.165) is 23.1 Å². The average Bonchev–Trinajstić information content (AvgIpc) is 2.76. The van der Waals surface area contributed by atoms with E-state index < -0.39 is 0 Å². The number of pyridine rings is 2. The van der Waals surface area contributed by atoms with Crippen molar-refractivity contribution >= 4 is 16.6 Å². The van der Waals surface area contributed by atoms with Gasteiger partial charge >= 0.3 is 0 Å². The zero-order chi connectivity index (χ0) is 18.7. The first-order valence-electron chi connectivity index (χ1n) is 8.77. The number of hydrogen-bond donors (Lipinski definition) is 1. The SMILES string of the molecule is C1=CCN2C=CC=CC2=C1.Nc1ccnc2ccccc12.c1ccncc1. The second kappa shape index (κ2) is 9.73. The number of para-hydroxylation sites is 1. The van der Waals surface area contributed by atoms with Crippen LogP contribution < -0.4 is 5.73 Å². The average molecular weight is 354 g/mol. The highest BCUT2D eigenvalue weighted by Gasteiger charge is 2.05. The van der Waals surface area contributed by atoms with Crippen molar-refractivity contribution < 1.29 is 0 Å². The molecule has 27 heavy (non-hydrogen) atoms. The number of nitrogens with two attached hydrogens (primary N) is 1. The lowest BCUT2D eigenvalue weighted by Crippen LogP contribution is -2.18. The number of rotatable bonds is 0. The number of fused-ring (bicyclic) bond motifs is 2. The molecule has 0 radical (unpaired) electrons. The third kappa shape index (κ3) is 5.41. The molecule has 0 saturated carbocycles. The fraction of sp³-hybridized carbons (Fsp3) is 0.0435. The van der Waals surface area contributed by atoms with Gasteiger partial charge < -0.3 is 10.6 Å². The van der Waals surface area contributed by atoms with Crippen LogP contribution in [0.15, 0.2) is 115 Å². The molecule has 2 aliphatic heterocycles. The minimum Gasteiger partial charge on any atom is -0.398 e. The van der Waals surface area contributed by atoms with Crippen LogP contribution in [0.3, 0.4) is 0 Å². The molecule has 4 heterocycles. The summed E-state index contributed by atoms with van der Waals surface area (Å²) in [6.07, 6.45) is 19.9. The number of benzene rings is 1. The molecule has 5 rings (SSSR count). The lowest BCUT2D eigenvalue weighted by atomic mass is 10.2. The van der Waals surface area contributed by atoms with Crippen molar-refractivity contribution in [3.63, 3.8) is 0 Å². The molecule has 0 aliphatic carbocycles. The lowest BCUT2D eigenvalue weighted by molar-refractivity contribution is 0.523. The van der Waals surface area contributed by atoms with Crippen molar-refractivity contribution in [1.82, 2.24) is 14.9 Å². The Bertz CT molecular complexity index is 940. The Kier molecular flexibility index (Phi) is 6.54. The van der Waals surface area contributed by atoms with Crippen LogP contribution in [0.4, 0.5) is 5.69 Å². The summed E-state index contributed by atoms with van der Waals surface area (Å²) >= 11 is 0. The molecule has 0 atom stereocenters. The fourth-order valence-corrected chi connectivity index (χ4v) is 2.58. The molecule has 0 amide bonds. The molecule has 0 spiro atoms. The zero-order valence-electron chi connectivity index (χ0n) is 15.0. The van der Waals surface area contributed by atoms with E-state index >= 15 is 0 Å². The largest absolute Gasteiger partial charge is 0.398 e. The van der Waals surface area contributed by atoms with Crippen molar-refractivity contribution in [3.05, 3.63) is 115 Å². The minimum atomic E-state index is 0.788. The molecule has 3 aromatic rings. The fourth-order valence-electron chi connectivity index (χ4n) is 2.58. The maximum Gasteiger partial charge on any atom is 0.0722 e. The molecule has 0 fully saturated rings. The number of nitrogens with zero attached hydrogens (tertiary/aromatic N) is 3. The van der Waals surface area contributed by atoms with E-state index in [0.29, 0.717) is 0 Å². The summed E-state index contributed by atoms with van der Waals surface area (Å²) in [6, 6.07) is 15.4. The Labute approximate surface area is 159 Å². The molecule has 4 nitrogen and oxygen atoms in total. The summed E-state index contributed by atoms with van der Waals surface area (Å²) in [5.41, 5.74) is 8.74. The van der Waals surface area contributed by atoms with E-state index in [4.69, 9.17) is 5.73 Å². The van der Waals surface area contributed by atoms with Crippen LogP contribution in [-0.4, -0.2) is 21.4 Å². The summed E-state index contributed by atoms with van der Waals surface area (Å²) < 4.78 is 0. The smallest absolute Gasteiger partial charge is 0.0722 e. The molecule has 0 saturated heterocycles. The first-order valence-corrected chi connectivity index (χ1v) is 8.77. The van der Waals surface area contributed by atoms with Crippen molar-refractivity contribution in [2.24, 2.45) is 0 Å². The van der Waals surface area contributed by atoms with Crippen LogP contribution in [0.5, 0.6) is 0 Å². The number of allylic oxidation sites excluding steroid dienone is 5. The van der Waals surface area contributed by atoms with E-state index in [1.54, 1.807) is 18.6 Å². The van der Waals surface area contributed by atoms with Gasteiger partial charge in [-0.3, -0.25) is 9.97 Å². The first kappa shape index (κ1) is 18.1. The standard InChI is InChI=1S/C9H8N2.C9H9N.C5H5N/c10-8-5-6-11-9-4-2-1-3-7(8)9;1-3-7-10-8-4-2-6-9(10)5-1;1-2-4-6-5-3-1/h1-6H,(H2,10,11);1-7H,8H2;1-5H. The van der Waals surface area contributed by atoms with Crippen LogP contribution >= 0.6 is 0 Å². The second-order valence-corrected chi connectivity index (χ2v) is 5.81. The maximum absolute atomic E-state index is 5.72. The van der Waals surface area contributed by atoms with E-state index in [9.17, 15) is 0 Å². The van der Waals surface area contributed by atoms with Gasteiger partial charge in [0.05, 0.1) is 5.52 Å². The highest BCUT2D eigenvalue weighted by atomic mass is 15.1. The van der Waals surface area contributed by atoms with Crippen LogP contribution in [-0.2, 0) is 0 Å². The van der Waals surface area contributed by atoms with Gasteiger partial charge in [-0.2, -0.15) is 0 Å². The molecule has 2 aliphatic rings. The lowest BCUT2D eigenvalue weighted by Gasteiger charge is -2.23. The molecule has 0 bridgehead atoms. The topological polar surface area (TPSA) is 55.0 Å². The van der Waals surface area contributed by atoms with Gasteiger partial charge in [0.25, 0.3) is 0 Å². The Balaban J connectivity index is 0.000000122. The second-order valence-electron chi connectivity index (χ2n) is 5.81. The predicted octanol–water partition coefficient (Wildman–Crippen LogP) is 4.72.